The molecule has 0 saturated heterocycles. The first kappa shape index (κ1) is 16.7. The van der Waals surface area contributed by atoms with Crippen molar-refractivity contribution in [2.45, 2.75) is 19.4 Å². The molecule has 0 atom stereocenters. The van der Waals surface area contributed by atoms with Crippen molar-refractivity contribution in [3.05, 3.63) is 65.7 Å². The fraction of sp³-hybridized carbons (Fsp3) is 0.222. The number of hydrogen-bond donors (Lipinski definition) is 2. The van der Waals surface area contributed by atoms with Crippen LogP contribution in [0.3, 0.4) is 0 Å². The van der Waals surface area contributed by atoms with Crippen LogP contribution in [-0.2, 0) is 16.2 Å². The summed E-state index contributed by atoms with van der Waals surface area (Å²) in [7, 11) is 1.50. The average Bonchev–Trinajstić information content (AvgIpc) is 2.59. The van der Waals surface area contributed by atoms with E-state index < -0.39 is 0 Å². The second-order valence-electron chi connectivity index (χ2n) is 5.04. The molecule has 0 unspecified atom stereocenters. The van der Waals surface area contributed by atoms with Crippen LogP contribution in [0, 0.1) is 0 Å². The van der Waals surface area contributed by atoms with Gasteiger partial charge in [0.1, 0.15) is 7.11 Å². The Morgan fingerprint density at radius 3 is 2.39 bits per heavy atom. The summed E-state index contributed by atoms with van der Waals surface area (Å²) in [6, 6.07) is 17.2. The molecule has 3 N–H and O–H groups in total. The number of nitrogens with zero attached hydrogens (tertiary/aromatic N) is 1. The Balaban J connectivity index is 1.96. The number of nitrogens with one attached hydrogen (secondary N) is 1. The molecule has 0 spiro atoms. The van der Waals surface area contributed by atoms with Gasteiger partial charge in [0, 0.05) is 25.1 Å². The van der Waals surface area contributed by atoms with E-state index in [1.165, 1.54) is 7.11 Å². The fourth-order valence-electron chi connectivity index (χ4n) is 2.16. The molecule has 0 aromatic heterocycles. The molecular weight excluding hydrogens is 290 g/mol. The first-order valence-corrected chi connectivity index (χ1v) is 7.47. The zero-order valence-electron chi connectivity index (χ0n) is 13.2. The number of rotatable bonds is 7. The van der Waals surface area contributed by atoms with Crippen molar-refractivity contribution in [3.63, 3.8) is 0 Å². The van der Waals surface area contributed by atoms with Crippen molar-refractivity contribution >= 4 is 17.3 Å². The van der Waals surface area contributed by atoms with Gasteiger partial charge in [-0.25, -0.2) is 0 Å². The van der Waals surface area contributed by atoms with E-state index in [0.717, 1.165) is 22.5 Å². The van der Waals surface area contributed by atoms with Crippen LogP contribution in [0.1, 0.15) is 24.0 Å². The van der Waals surface area contributed by atoms with Gasteiger partial charge in [0.05, 0.1) is 5.71 Å². The molecule has 2 aromatic carbocycles. The van der Waals surface area contributed by atoms with E-state index in [1.807, 2.05) is 54.6 Å². The summed E-state index contributed by atoms with van der Waals surface area (Å²) in [5.41, 5.74) is 9.10. The minimum absolute atomic E-state index is 0.0569. The zero-order valence-corrected chi connectivity index (χ0v) is 13.2. The van der Waals surface area contributed by atoms with Gasteiger partial charge >= 0.3 is 0 Å². The number of anilines is 1. The smallest absolute Gasteiger partial charge is 0.224 e. The minimum Gasteiger partial charge on any atom is -0.399 e. The molecule has 1 amide bonds. The van der Waals surface area contributed by atoms with Crippen molar-refractivity contribution in [2.75, 3.05) is 12.4 Å². The molecule has 120 valence electrons. The lowest BCUT2D eigenvalue weighted by atomic mass is 10.0. The van der Waals surface area contributed by atoms with Crippen LogP contribution in [0.5, 0.6) is 0 Å². The number of hydrogen-bond acceptors (Lipinski definition) is 4. The number of benzene rings is 2. The van der Waals surface area contributed by atoms with Crippen molar-refractivity contribution in [2.24, 2.45) is 10.9 Å². The Morgan fingerprint density at radius 1 is 1.09 bits per heavy atom. The second kappa shape index (κ2) is 8.70. The summed E-state index contributed by atoms with van der Waals surface area (Å²) < 4.78 is 0. The van der Waals surface area contributed by atoms with Gasteiger partial charge in [0.2, 0.25) is 5.91 Å². The van der Waals surface area contributed by atoms with Gasteiger partial charge in [-0.05, 0) is 23.3 Å². The zero-order chi connectivity index (χ0) is 16.5. The molecule has 0 aliphatic rings. The molecule has 0 saturated carbocycles. The van der Waals surface area contributed by atoms with Crippen LogP contribution in [0.15, 0.2) is 59.8 Å². The highest BCUT2D eigenvalue weighted by atomic mass is 16.6. The van der Waals surface area contributed by atoms with Gasteiger partial charge in [0.15, 0.2) is 0 Å². The van der Waals surface area contributed by atoms with Crippen molar-refractivity contribution in [1.29, 1.82) is 0 Å². The van der Waals surface area contributed by atoms with Crippen LogP contribution in [-0.4, -0.2) is 18.7 Å². The SMILES string of the molecule is CON=C(CCC(=O)Nc1ccccc1)c1ccc(CN)cc1. The van der Waals surface area contributed by atoms with Gasteiger partial charge < -0.3 is 15.9 Å². The normalized spacial score (nSPS) is 11.1. The first-order chi connectivity index (χ1) is 11.2. The van der Waals surface area contributed by atoms with E-state index in [1.54, 1.807) is 0 Å². The maximum absolute atomic E-state index is 12.0. The summed E-state index contributed by atoms with van der Waals surface area (Å²) >= 11 is 0. The molecule has 2 aromatic rings. The van der Waals surface area contributed by atoms with Gasteiger partial charge in [-0.1, -0.05) is 47.6 Å². The molecule has 0 radical (unpaired) electrons. The van der Waals surface area contributed by atoms with E-state index in [2.05, 4.69) is 10.5 Å². The van der Waals surface area contributed by atoms with Gasteiger partial charge in [-0.2, -0.15) is 0 Å². The highest BCUT2D eigenvalue weighted by molar-refractivity contribution is 6.03. The molecule has 5 heteroatoms. The van der Waals surface area contributed by atoms with E-state index >= 15 is 0 Å². The number of nitrogens with two attached hydrogens (primary N) is 1. The number of para-hydroxylation sites is 1. The standard InChI is InChI=1S/C18H21N3O2/c1-23-21-17(15-9-7-14(13-19)8-10-15)11-12-18(22)20-16-5-3-2-4-6-16/h2-10H,11-13,19H2,1H3,(H,20,22). The van der Waals surface area contributed by atoms with Gasteiger partial charge in [-0.15, -0.1) is 0 Å². The highest BCUT2D eigenvalue weighted by Gasteiger charge is 2.09. The van der Waals surface area contributed by atoms with E-state index in [9.17, 15) is 4.79 Å². The Bertz CT molecular complexity index is 652. The summed E-state index contributed by atoms with van der Waals surface area (Å²) in [5, 5.41) is 6.89. The molecular formula is C18H21N3O2. The monoisotopic (exact) mass is 311 g/mol. The van der Waals surface area contributed by atoms with E-state index in [-0.39, 0.29) is 5.91 Å². The average molecular weight is 311 g/mol. The third kappa shape index (κ3) is 5.23. The Hall–Kier alpha value is -2.66. The van der Waals surface area contributed by atoms with Crippen LogP contribution in [0.25, 0.3) is 0 Å². The lowest BCUT2D eigenvalue weighted by molar-refractivity contribution is -0.116. The number of carbonyl (C=O) groups excluding carboxylic acids is 1. The molecule has 0 aliphatic heterocycles. The van der Waals surface area contributed by atoms with Crippen LogP contribution >= 0.6 is 0 Å². The Labute approximate surface area is 136 Å². The van der Waals surface area contributed by atoms with Crippen LogP contribution in [0.4, 0.5) is 5.69 Å². The first-order valence-electron chi connectivity index (χ1n) is 7.47. The molecule has 0 bridgehead atoms. The Morgan fingerprint density at radius 2 is 1.78 bits per heavy atom. The van der Waals surface area contributed by atoms with Crippen LogP contribution < -0.4 is 11.1 Å². The lowest BCUT2D eigenvalue weighted by Crippen LogP contribution is -2.14. The van der Waals surface area contributed by atoms with Crippen molar-refractivity contribution in [1.82, 2.24) is 0 Å². The quantitative estimate of drug-likeness (QED) is 0.609. The summed E-state index contributed by atoms with van der Waals surface area (Å²) in [4.78, 5) is 16.9. The minimum atomic E-state index is -0.0569. The van der Waals surface area contributed by atoms with E-state index in [4.69, 9.17) is 10.6 Å². The maximum atomic E-state index is 12.0. The predicted octanol–water partition coefficient (Wildman–Crippen LogP) is 2.91. The molecule has 5 nitrogen and oxygen atoms in total. The van der Waals surface area contributed by atoms with Crippen molar-refractivity contribution < 1.29 is 9.63 Å². The second-order valence-corrected chi connectivity index (χ2v) is 5.04. The van der Waals surface area contributed by atoms with Crippen LogP contribution in [0.2, 0.25) is 0 Å². The summed E-state index contributed by atoms with van der Waals surface area (Å²) in [5.74, 6) is -0.0569. The topological polar surface area (TPSA) is 76.7 Å². The third-order valence-electron chi connectivity index (χ3n) is 3.37. The van der Waals surface area contributed by atoms with Gasteiger partial charge in [0.25, 0.3) is 0 Å². The molecule has 2 rings (SSSR count). The molecule has 0 fully saturated rings. The van der Waals surface area contributed by atoms with E-state index in [0.29, 0.717) is 19.4 Å². The lowest BCUT2D eigenvalue weighted by Gasteiger charge is -2.08. The molecule has 0 heterocycles. The maximum Gasteiger partial charge on any atom is 0.224 e. The summed E-state index contributed by atoms with van der Waals surface area (Å²) in [6.45, 7) is 0.497. The number of oxime groups is 1. The predicted molar refractivity (Wildman–Crippen MR) is 92.2 cm³/mol. The highest BCUT2D eigenvalue weighted by Crippen LogP contribution is 2.11. The number of carbonyl (C=O) groups is 1. The van der Waals surface area contributed by atoms with Crippen molar-refractivity contribution in [3.8, 4) is 0 Å². The number of amides is 1. The molecule has 0 aliphatic carbocycles. The molecule has 23 heavy (non-hydrogen) atoms. The summed E-state index contributed by atoms with van der Waals surface area (Å²) in [6.07, 6.45) is 0.824. The third-order valence-corrected chi connectivity index (χ3v) is 3.37. The largest absolute Gasteiger partial charge is 0.399 e. The van der Waals surface area contributed by atoms with Gasteiger partial charge in [-0.3, -0.25) is 4.79 Å². The Kier molecular flexibility index (Phi) is 6.32. The fourth-order valence-corrected chi connectivity index (χ4v) is 2.16.